The van der Waals surface area contributed by atoms with Crippen LogP contribution in [0.15, 0.2) is 0 Å². The van der Waals surface area contributed by atoms with Crippen LogP contribution < -0.4 is 10.6 Å². The first-order valence-corrected chi connectivity index (χ1v) is 7.87. The average molecular weight is 297 g/mol. The lowest BCUT2D eigenvalue weighted by Crippen LogP contribution is -2.34. The summed E-state index contributed by atoms with van der Waals surface area (Å²) >= 11 is 0. The molecule has 0 atom stereocenters. The highest BCUT2D eigenvalue weighted by Gasteiger charge is 2.00. The summed E-state index contributed by atoms with van der Waals surface area (Å²) in [6.07, 6.45) is 9.44. The summed E-state index contributed by atoms with van der Waals surface area (Å²) in [5.41, 5.74) is 0. The average Bonchev–Trinajstić information content (AvgIpc) is 2.47. The lowest BCUT2D eigenvalue weighted by Gasteiger charge is -2.16. The number of ether oxygens (including phenoxy) is 1. The van der Waals surface area contributed by atoms with Gasteiger partial charge >= 0.3 is 0 Å². The zero-order valence-electron chi connectivity index (χ0n) is 13.6. The van der Waals surface area contributed by atoms with Crippen molar-refractivity contribution in [2.45, 2.75) is 32.6 Å². The zero-order chi connectivity index (χ0) is 15.8. The van der Waals surface area contributed by atoms with E-state index in [1.807, 2.05) is 0 Å². The molecule has 0 aliphatic carbocycles. The Hall–Kier alpha value is -1.09. The molecule has 0 bridgehead atoms. The molecule has 0 aromatic carbocycles. The van der Waals surface area contributed by atoms with Crippen molar-refractivity contribution in [2.24, 2.45) is 0 Å². The first-order chi connectivity index (χ1) is 10.2. The molecule has 21 heavy (non-hydrogen) atoms. The van der Waals surface area contributed by atoms with Crippen LogP contribution in [0, 0.1) is 12.3 Å². The Kier molecular flexibility index (Phi) is 14.5. The van der Waals surface area contributed by atoms with Gasteiger partial charge in [-0.15, -0.1) is 6.42 Å². The number of unbranched alkanes of at least 4 members (excludes halogenated alkanes) is 2. The second kappa shape index (κ2) is 15.3. The van der Waals surface area contributed by atoms with Gasteiger partial charge in [-0.3, -0.25) is 4.79 Å². The molecule has 5 heteroatoms. The van der Waals surface area contributed by atoms with E-state index in [4.69, 9.17) is 11.2 Å². The van der Waals surface area contributed by atoms with Crippen molar-refractivity contribution in [1.82, 2.24) is 15.5 Å². The number of nitrogens with zero attached hydrogens (tertiary/aromatic N) is 1. The standard InChI is InChI=1S/C16H31N3O2/c1-4-9-17-15-16(20)18-10-7-6-8-11-19(3)12-14-21-13-5-2/h2,17H,4,6-15H2,1,3H3,(H,18,20). The third-order valence-electron chi connectivity index (χ3n) is 3.05. The Morgan fingerprint density at radius 2 is 2.05 bits per heavy atom. The monoisotopic (exact) mass is 297 g/mol. The van der Waals surface area contributed by atoms with Crippen molar-refractivity contribution in [2.75, 3.05) is 53.0 Å². The minimum Gasteiger partial charge on any atom is -0.367 e. The van der Waals surface area contributed by atoms with E-state index in [2.05, 4.69) is 35.4 Å². The topological polar surface area (TPSA) is 53.6 Å². The molecule has 0 fully saturated rings. The number of terminal acetylenes is 1. The Balaban J connectivity index is 3.27. The lowest BCUT2D eigenvalue weighted by molar-refractivity contribution is -0.120. The highest BCUT2D eigenvalue weighted by atomic mass is 16.5. The van der Waals surface area contributed by atoms with E-state index >= 15 is 0 Å². The Bertz CT molecular complexity index is 290. The molecule has 0 rings (SSSR count). The van der Waals surface area contributed by atoms with Gasteiger partial charge in [0.2, 0.25) is 5.91 Å². The molecule has 0 spiro atoms. The van der Waals surface area contributed by atoms with Crippen molar-refractivity contribution in [3.63, 3.8) is 0 Å². The van der Waals surface area contributed by atoms with Crippen molar-refractivity contribution in [3.8, 4) is 12.3 Å². The Morgan fingerprint density at radius 1 is 1.24 bits per heavy atom. The molecule has 0 heterocycles. The minimum atomic E-state index is 0.0891. The molecular formula is C16H31N3O2. The Labute approximate surface area is 129 Å². The van der Waals surface area contributed by atoms with Gasteiger partial charge in [-0.05, 0) is 39.4 Å². The van der Waals surface area contributed by atoms with Gasteiger partial charge in [0.1, 0.15) is 6.61 Å². The predicted molar refractivity (Wildman–Crippen MR) is 87.2 cm³/mol. The van der Waals surface area contributed by atoms with Crippen molar-refractivity contribution < 1.29 is 9.53 Å². The van der Waals surface area contributed by atoms with Gasteiger partial charge in [0.25, 0.3) is 0 Å². The molecule has 122 valence electrons. The maximum Gasteiger partial charge on any atom is 0.233 e. The SMILES string of the molecule is C#CCOCCN(C)CCCCCNC(=O)CNCCC. The van der Waals surface area contributed by atoms with E-state index in [1.165, 1.54) is 0 Å². The highest BCUT2D eigenvalue weighted by molar-refractivity contribution is 5.77. The number of likely N-dealkylation sites (N-methyl/N-ethyl adjacent to an activating group) is 1. The number of hydrogen-bond donors (Lipinski definition) is 2. The van der Waals surface area contributed by atoms with Crippen LogP contribution in [0.1, 0.15) is 32.6 Å². The fourth-order valence-electron chi connectivity index (χ4n) is 1.82. The summed E-state index contributed by atoms with van der Waals surface area (Å²) in [7, 11) is 2.08. The van der Waals surface area contributed by atoms with Gasteiger partial charge in [-0.1, -0.05) is 19.3 Å². The number of carbonyl (C=O) groups is 1. The normalized spacial score (nSPS) is 10.6. The van der Waals surface area contributed by atoms with Gasteiger partial charge in [-0.2, -0.15) is 0 Å². The predicted octanol–water partition coefficient (Wildman–Crippen LogP) is 0.854. The van der Waals surface area contributed by atoms with Crippen LogP contribution in [0.5, 0.6) is 0 Å². The van der Waals surface area contributed by atoms with Crippen LogP contribution in [0.25, 0.3) is 0 Å². The maximum atomic E-state index is 11.4. The van der Waals surface area contributed by atoms with E-state index in [0.29, 0.717) is 19.8 Å². The van der Waals surface area contributed by atoms with Crippen LogP contribution in [-0.2, 0) is 9.53 Å². The summed E-state index contributed by atoms with van der Waals surface area (Å²) < 4.78 is 5.23. The summed E-state index contributed by atoms with van der Waals surface area (Å²) in [6.45, 7) is 7.19. The van der Waals surface area contributed by atoms with Gasteiger partial charge in [-0.25, -0.2) is 0 Å². The lowest BCUT2D eigenvalue weighted by atomic mass is 10.2. The van der Waals surface area contributed by atoms with E-state index in [1.54, 1.807) is 0 Å². The smallest absolute Gasteiger partial charge is 0.233 e. The minimum absolute atomic E-state index is 0.0891. The van der Waals surface area contributed by atoms with Crippen LogP contribution in [0.3, 0.4) is 0 Å². The van der Waals surface area contributed by atoms with Gasteiger partial charge in [0.05, 0.1) is 13.2 Å². The molecule has 0 radical (unpaired) electrons. The molecule has 0 aliphatic rings. The third-order valence-corrected chi connectivity index (χ3v) is 3.05. The largest absolute Gasteiger partial charge is 0.367 e. The molecule has 0 aliphatic heterocycles. The third kappa shape index (κ3) is 15.1. The van der Waals surface area contributed by atoms with Gasteiger partial charge < -0.3 is 20.3 Å². The van der Waals surface area contributed by atoms with E-state index in [9.17, 15) is 4.79 Å². The second-order valence-electron chi connectivity index (χ2n) is 5.15. The maximum absolute atomic E-state index is 11.4. The summed E-state index contributed by atoms with van der Waals surface area (Å²) in [6, 6.07) is 0. The fourth-order valence-corrected chi connectivity index (χ4v) is 1.82. The molecule has 0 aromatic heterocycles. The molecule has 5 nitrogen and oxygen atoms in total. The zero-order valence-corrected chi connectivity index (χ0v) is 13.6. The summed E-state index contributed by atoms with van der Waals surface area (Å²) in [5.74, 6) is 2.54. The molecule has 0 saturated carbocycles. The van der Waals surface area contributed by atoms with Crippen molar-refractivity contribution >= 4 is 5.91 Å². The van der Waals surface area contributed by atoms with Crippen LogP contribution in [0.4, 0.5) is 0 Å². The number of rotatable bonds is 14. The second-order valence-corrected chi connectivity index (χ2v) is 5.15. The van der Waals surface area contributed by atoms with Crippen LogP contribution in [-0.4, -0.2) is 63.8 Å². The summed E-state index contributed by atoms with van der Waals surface area (Å²) in [4.78, 5) is 13.7. The van der Waals surface area contributed by atoms with Gasteiger partial charge in [0.15, 0.2) is 0 Å². The molecule has 0 aromatic rings. The van der Waals surface area contributed by atoms with E-state index in [-0.39, 0.29) is 5.91 Å². The summed E-state index contributed by atoms with van der Waals surface area (Å²) in [5, 5.41) is 6.01. The first-order valence-electron chi connectivity index (χ1n) is 7.87. The Morgan fingerprint density at radius 3 is 2.76 bits per heavy atom. The van der Waals surface area contributed by atoms with E-state index < -0.39 is 0 Å². The van der Waals surface area contributed by atoms with Crippen molar-refractivity contribution in [3.05, 3.63) is 0 Å². The number of nitrogens with one attached hydrogen (secondary N) is 2. The highest BCUT2D eigenvalue weighted by Crippen LogP contribution is 1.96. The number of hydrogen-bond acceptors (Lipinski definition) is 4. The quantitative estimate of drug-likeness (QED) is 0.369. The van der Waals surface area contributed by atoms with Gasteiger partial charge in [0, 0.05) is 13.1 Å². The van der Waals surface area contributed by atoms with E-state index in [0.717, 1.165) is 51.9 Å². The molecule has 1 amide bonds. The number of carbonyl (C=O) groups excluding carboxylic acids is 1. The fraction of sp³-hybridized carbons (Fsp3) is 0.812. The number of amides is 1. The molecular weight excluding hydrogens is 266 g/mol. The molecule has 0 saturated heterocycles. The van der Waals surface area contributed by atoms with Crippen LogP contribution >= 0.6 is 0 Å². The molecule has 0 unspecified atom stereocenters. The first kappa shape index (κ1) is 19.9. The molecule has 2 N–H and O–H groups in total. The van der Waals surface area contributed by atoms with Crippen molar-refractivity contribution in [1.29, 1.82) is 0 Å². The van der Waals surface area contributed by atoms with Crippen LogP contribution in [0.2, 0.25) is 0 Å².